The van der Waals surface area contributed by atoms with Gasteiger partial charge in [0.25, 0.3) is 5.09 Å². The van der Waals surface area contributed by atoms with Gasteiger partial charge in [0.1, 0.15) is 12.2 Å². The molecule has 2 aromatic carbocycles. The first-order valence-electron chi connectivity index (χ1n) is 11.1. The first kappa shape index (κ1) is 26.6. The second-order valence-corrected chi connectivity index (χ2v) is 8.91. The quantitative estimate of drug-likeness (QED) is 0.177. The van der Waals surface area contributed by atoms with E-state index in [1.54, 1.807) is 18.2 Å². The highest BCUT2D eigenvalue weighted by atomic mass is 35.5. The first-order chi connectivity index (χ1) is 16.7. The smallest absolute Gasteiger partial charge is 0.462 e. The Bertz CT molecular complexity index is 1040. The van der Waals surface area contributed by atoms with E-state index in [2.05, 4.69) is 9.57 Å². The predicted octanol–water partition coefficient (Wildman–Crippen LogP) is 5.69. The molecule has 1 fully saturated rings. The lowest BCUT2D eigenvalue weighted by Gasteiger charge is -2.28. The van der Waals surface area contributed by atoms with Gasteiger partial charge in [-0.15, -0.1) is 10.1 Å². The fourth-order valence-corrected chi connectivity index (χ4v) is 4.42. The molecule has 0 bridgehead atoms. The number of rotatable bonds is 9. The van der Waals surface area contributed by atoms with Crippen molar-refractivity contribution in [3.05, 3.63) is 79.3 Å². The fraction of sp³-hybridized carbons (Fsp3) is 0.417. The van der Waals surface area contributed by atoms with Crippen LogP contribution in [0.4, 0.5) is 4.79 Å². The second-order valence-electron chi connectivity index (χ2n) is 8.09. The van der Waals surface area contributed by atoms with Crippen LogP contribution in [-0.2, 0) is 36.7 Å². The van der Waals surface area contributed by atoms with Crippen LogP contribution in [0.25, 0.3) is 0 Å². The monoisotopic (exact) mass is 525 g/mol. The van der Waals surface area contributed by atoms with E-state index in [1.165, 1.54) is 6.92 Å². The number of carbonyl (C=O) groups is 2. The van der Waals surface area contributed by atoms with E-state index >= 15 is 0 Å². The maximum absolute atomic E-state index is 12.6. The van der Waals surface area contributed by atoms with Crippen LogP contribution < -0.4 is 0 Å². The number of hydrogen-bond acceptors (Lipinski definition) is 8. The molecule has 2 aromatic rings. The molecule has 35 heavy (non-hydrogen) atoms. The van der Waals surface area contributed by atoms with Crippen molar-refractivity contribution in [2.75, 3.05) is 0 Å². The molecule has 11 heteroatoms. The summed E-state index contributed by atoms with van der Waals surface area (Å²) in [6, 6.07) is 12.9. The lowest BCUT2D eigenvalue weighted by atomic mass is 9.94. The van der Waals surface area contributed by atoms with Crippen molar-refractivity contribution in [3.63, 3.8) is 0 Å². The number of benzene rings is 2. The molecule has 3 rings (SSSR count). The minimum absolute atomic E-state index is 0.106. The Balaban J connectivity index is 1.47. The molecule has 0 saturated heterocycles. The lowest BCUT2D eigenvalue weighted by Crippen LogP contribution is -2.31. The largest absolute Gasteiger partial charge is 0.510 e. The average molecular weight is 526 g/mol. The molecular weight excluding hydrogens is 501 g/mol. The van der Waals surface area contributed by atoms with Crippen LogP contribution in [0.2, 0.25) is 10.0 Å². The van der Waals surface area contributed by atoms with Crippen LogP contribution >= 0.6 is 23.2 Å². The molecule has 1 unspecified atom stereocenters. The van der Waals surface area contributed by atoms with Crippen LogP contribution in [0.15, 0.2) is 42.5 Å². The zero-order chi connectivity index (χ0) is 25.4. The molecule has 9 nitrogen and oxygen atoms in total. The van der Waals surface area contributed by atoms with Gasteiger partial charge in [-0.1, -0.05) is 53.5 Å². The minimum atomic E-state index is -1.37. The zero-order valence-electron chi connectivity index (χ0n) is 19.0. The summed E-state index contributed by atoms with van der Waals surface area (Å²) in [5, 5.41) is 10.3. The van der Waals surface area contributed by atoms with Crippen molar-refractivity contribution in [1.82, 2.24) is 0 Å². The normalized spacial score (nSPS) is 18.3. The Morgan fingerprint density at radius 1 is 0.971 bits per heavy atom. The van der Waals surface area contributed by atoms with Crippen LogP contribution in [0.1, 0.15) is 49.3 Å². The number of ether oxygens (including phenoxy) is 3. The number of esters is 1. The topological polar surface area (TPSA) is 114 Å². The van der Waals surface area contributed by atoms with Crippen molar-refractivity contribution in [2.45, 2.75) is 63.9 Å². The third-order valence-electron chi connectivity index (χ3n) is 5.56. The predicted molar refractivity (Wildman–Crippen MR) is 127 cm³/mol. The fourth-order valence-electron chi connectivity index (χ4n) is 3.89. The Kier molecular flexibility index (Phi) is 9.56. The van der Waals surface area contributed by atoms with Crippen molar-refractivity contribution in [1.29, 1.82) is 0 Å². The van der Waals surface area contributed by atoms with E-state index in [0.29, 0.717) is 42.1 Å². The third kappa shape index (κ3) is 8.29. The van der Waals surface area contributed by atoms with Gasteiger partial charge in [-0.3, -0.25) is 9.63 Å². The van der Waals surface area contributed by atoms with Crippen molar-refractivity contribution >= 4 is 35.3 Å². The highest BCUT2D eigenvalue weighted by Crippen LogP contribution is 2.29. The van der Waals surface area contributed by atoms with E-state index in [4.69, 9.17) is 32.7 Å². The van der Waals surface area contributed by atoms with Gasteiger partial charge in [-0.05, 0) is 61.4 Å². The van der Waals surface area contributed by atoms with E-state index in [1.807, 2.05) is 24.3 Å². The van der Waals surface area contributed by atoms with Gasteiger partial charge in [0.2, 0.25) is 6.29 Å². The second kappa shape index (κ2) is 12.6. The number of halogens is 2. The molecule has 0 spiro atoms. The van der Waals surface area contributed by atoms with Gasteiger partial charge in [0.15, 0.2) is 0 Å². The van der Waals surface area contributed by atoms with Crippen molar-refractivity contribution in [3.8, 4) is 0 Å². The SMILES string of the molecule is CC(OC(=O)OC1CCC(OC(=O)Cc2ccccc2Cc2c(Cl)cccc2Cl)CC1)O[N+](=O)[O-]. The highest BCUT2D eigenvalue weighted by molar-refractivity contribution is 6.36. The first-order valence-corrected chi connectivity index (χ1v) is 11.8. The van der Waals surface area contributed by atoms with Crippen LogP contribution in [0.5, 0.6) is 0 Å². The van der Waals surface area contributed by atoms with Crippen LogP contribution in [0.3, 0.4) is 0 Å². The van der Waals surface area contributed by atoms with Gasteiger partial charge in [0.05, 0.1) is 6.42 Å². The summed E-state index contributed by atoms with van der Waals surface area (Å²) in [5.41, 5.74) is 2.57. The molecule has 1 saturated carbocycles. The van der Waals surface area contributed by atoms with E-state index in [9.17, 15) is 19.7 Å². The van der Waals surface area contributed by atoms with Gasteiger partial charge < -0.3 is 14.2 Å². The van der Waals surface area contributed by atoms with E-state index in [0.717, 1.165) is 16.7 Å². The Labute approximate surface area is 212 Å². The summed E-state index contributed by atoms with van der Waals surface area (Å²) in [6.07, 6.45) is -0.564. The van der Waals surface area contributed by atoms with Crippen LogP contribution in [0, 0.1) is 10.1 Å². The number of hydrogen-bond donors (Lipinski definition) is 0. The van der Waals surface area contributed by atoms with Crippen molar-refractivity contribution < 1.29 is 33.7 Å². The van der Waals surface area contributed by atoms with Gasteiger partial charge in [-0.25, -0.2) is 4.79 Å². The summed E-state index contributed by atoms with van der Waals surface area (Å²) in [7, 11) is 0. The molecular formula is C24H25Cl2NO8. The summed E-state index contributed by atoms with van der Waals surface area (Å²) in [4.78, 5) is 38.7. The maximum Gasteiger partial charge on any atom is 0.510 e. The Morgan fingerprint density at radius 2 is 1.54 bits per heavy atom. The van der Waals surface area contributed by atoms with Gasteiger partial charge in [-0.2, -0.15) is 0 Å². The third-order valence-corrected chi connectivity index (χ3v) is 6.27. The summed E-state index contributed by atoms with van der Waals surface area (Å²) < 4.78 is 15.5. The molecule has 0 radical (unpaired) electrons. The lowest BCUT2D eigenvalue weighted by molar-refractivity contribution is -0.777. The molecule has 1 aliphatic rings. The molecule has 0 aromatic heterocycles. The molecule has 0 N–H and O–H groups in total. The minimum Gasteiger partial charge on any atom is -0.462 e. The Hall–Kier alpha value is -3.04. The van der Waals surface area contributed by atoms with Crippen molar-refractivity contribution in [2.24, 2.45) is 0 Å². The molecule has 1 atom stereocenters. The summed E-state index contributed by atoms with van der Waals surface area (Å²) in [5.74, 6) is -0.350. The molecule has 0 amide bonds. The Morgan fingerprint density at radius 3 is 2.14 bits per heavy atom. The standard InChI is InChI=1S/C24H25Cl2NO8/c1-15(35-27(30)31)32-24(29)34-19-11-9-18(10-12-19)33-23(28)14-17-6-3-2-5-16(17)13-20-21(25)7-4-8-22(20)26/h2-8,15,18-19H,9-14H2,1H3. The van der Waals surface area contributed by atoms with Crippen LogP contribution in [-0.4, -0.2) is 35.7 Å². The van der Waals surface area contributed by atoms with Gasteiger partial charge >= 0.3 is 12.1 Å². The van der Waals surface area contributed by atoms with E-state index in [-0.39, 0.29) is 18.5 Å². The van der Waals surface area contributed by atoms with Gasteiger partial charge in [0, 0.05) is 16.5 Å². The molecule has 188 valence electrons. The molecule has 0 heterocycles. The number of carbonyl (C=O) groups excluding carboxylic acids is 2. The molecule has 0 aliphatic heterocycles. The maximum atomic E-state index is 12.6. The highest BCUT2D eigenvalue weighted by Gasteiger charge is 2.28. The zero-order valence-corrected chi connectivity index (χ0v) is 20.5. The number of nitrogens with zero attached hydrogens (tertiary/aromatic N) is 1. The van der Waals surface area contributed by atoms with E-state index < -0.39 is 23.6 Å². The summed E-state index contributed by atoms with van der Waals surface area (Å²) in [6.45, 7) is 1.21. The average Bonchev–Trinajstić information content (AvgIpc) is 2.78. The molecule has 1 aliphatic carbocycles. The summed E-state index contributed by atoms with van der Waals surface area (Å²) >= 11 is 12.6.